The van der Waals surface area contributed by atoms with E-state index in [1.54, 1.807) is 6.92 Å². The number of thiazole rings is 1. The molecule has 158 valence electrons. The van der Waals surface area contributed by atoms with Crippen LogP contribution in [0.1, 0.15) is 29.2 Å². The lowest BCUT2D eigenvalue weighted by Gasteiger charge is -2.17. The zero-order chi connectivity index (χ0) is 22.3. The van der Waals surface area contributed by atoms with Crippen molar-refractivity contribution in [2.24, 2.45) is 0 Å². The van der Waals surface area contributed by atoms with Crippen molar-refractivity contribution in [3.63, 3.8) is 0 Å². The third-order valence-corrected chi connectivity index (χ3v) is 5.80. The van der Waals surface area contributed by atoms with E-state index in [1.165, 1.54) is 17.2 Å². The first-order valence-electron chi connectivity index (χ1n) is 8.44. The van der Waals surface area contributed by atoms with E-state index in [0.717, 1.165) is 23.5 Å². The Hall–Kier alpha value is -2.82. The molecular formula is C17H9BrClF3N8S. The number of rotatable bonds is 4. The molecule has 0 amide bonds. The lowest BCUT2D eigenvalue weighted by molar-refractivity contribution is -0.137. The van der Waals surface area contributed by atoms with E-state index < -0.39 is 17.8 Å². The molecule has 0 aliphatic rings. The van der Waals surface area contributed by atoms with E-state index in [4.69, 9.17) is 16.9 Å². The summed E-state index contributed by atoms with van der Waals surface area (Å²) >= 11 is 10.3. The van der Waals surface area contributed by atoms with Crippen LogP contribution in [0.4, 0.5) is 19.0 Å². The van der Waals surface area contributed by atoms with Crippen LogP contribution in [0.2, 0.25) is 5.28 Å². The molecule has 3 heterocycles. The molecule has 0 aliphatic heterocycles. The quantitative estimate of drug-likeness (QED) is 0.365. The summed E-state index contributed by atoms with van der Waals surface area (Å²) in [5.41, 5.74) is -0.633. The molecule has 0 radical (unpaired) electrons. The summed E-state index contributed by atoms with van der Waals surface area (Å²) in [6.07, 6.45) is -1.83. The van der Waals surface area contributed by atoms with Crippen LogP contribution in [0.3, 0.4) is 0 Å². The highest BCUT2D eigenvalue weighted by Gasteiger charge is 2.32. The Bertz CT molecular complexity index is 1330. The van der Waals surface area contributed by atoms with E-state index in [1.807, 2.05) is 6.07 Å². The van der Waals surface area contributed by atoms with Crippen molar-refractivity contribution in [2.45, 2.75) is 19.1 Å². The van der Waals surface area contributed by atoms with Crippen molar-refractivity contribution in [1.82, 2.24) is 29.7 Å². The van der Waals surface area contributed by atoms with E-state index in [2.05, 4.69) is 46.3 Å². The van der Waals surface area contributed by atoms with Gasteiger partial charge in [0.15, 0.2) is 5.82 Å². The fourth-order valence-corrected chi connectivity index (χ4v) is 4.21. The van der Waals surface area contributed by atoms with Crippen LogP contribution >= 0.6 is 38.9 Å². The third-order valence-electron chi connectivity index (χ3n) is 4.15. The molecule has 3 aromatic heterocycles. The Balaban J connectivity index is 1.76. The number of halogens is 5. The Morgan fingerprint density at radius 3 is 2.74 bits per heavy atom. The maximum atomic E-state index is 13.3. The average Bonchev–Trinajstić information content (AvgIpc) is 3.36. The van der Waals surface area contributed by atoms with E-state index in [9.17, 15) is 13.2 Å². The average molecular weight is 530 g/mol. The maximum absolute atomic E-state index is 13.3. The molecule has 0 aliphatic carbocycles. The highest BCUT2D eigenvalue weighted by Crippen LogP contribution is 2.37. The fourth-order valence-electron chi connectivity index (χ4n) is 2.81. The number of hydrogen-bond donors (Lipinski definition) is 1. The number of hydrogen-bond acceptors (Lipinski definition) is 8. The molecule has 0 spiro atoms. The topological polar surface area (TPSA) is 105 Å². The number of anilines is 1. The summed E-state index contributed by atoms with van der Waals surface area (Å²) in [5, 5.41) is 16.6. The van der Waals surface area contributed by atoms with Crippen LogP contribution in [0.25, 0.3) is 16.0 Å². The summed E-state index contributed by atoms with van der Waals surface area (Å²) in [4.78, 5) is 16.9. The number of aromatic nitrogens is 6. The summed E-state index contributed by atoms with van der Waals surface area (Å²) in [6.45, 7) is 1.73. The molecule has 0 saturated heterocycles. The van der Waals surface area contributed by atoms with Gasteiger partial charge in [0.2, 0.25) is 10.4 Å². The number of nitrogens with one attached hydrogen (secondary N) is 1. The second-order valence-corrected chi connectivity index (χ2v) is 8.41. The lowest BCUT2D eigenvalue weighted by atomic mass is 10.1. The SMILES string of the molecule is CC(Nc1nc(Cl)nc2c(Br)cc(C(F)(F)F)cc12)c1ncnn1-c1ncc(C#N)s1. The van der Waals surface area contributed by atoms with Gasteiger partial charge in [-0.15, -0.1) is 0 Å². The standard InChI is InChI=1S/C17H9BrClF3N8S/c1-7(14-25-6-26-30(14)16-24-5-9(4-23)31-16)27-13-10-2-8(17(20,21)22)3-11(18)12(10)28-15(19)29-13/h2-3,5-7H,1H3,(H,27,28,29). The molecule has 4 rings (SSSR count). The Morgan fingerprint density at radius 1 is 1.29 bits per heavy atom. The summed E-state index contributed by atoms with van der Waals surface area (Å²) in [5.74, 6) is 0.508. The van der Waals surface area contributed by atoms with Crippen LogP contribution in [0.15, 0.2) is 29.1 Å². The van der Waals surface area contributed by atoms with Crippen LogP contribution < -0.4 is 5.32 Å². The first-order chi connectivity index (χ1) is 14.7. The number of nitriles is 1. The fraction of sp³-hybridized carbons (Fsp3) is 0.176. The molecule has 1 aromatic carbocycles. The zero-order valence-electron chi connectivity index (χ0n) is 15.3. The predicted molar refractivity (Wildman–Crippen MR) is 111 cm³/mol. The molecule has 1 unspecified atom stereocenters. The van der Waals surface area contributed by atoms with Gasteiger partial charge in [-0.2, -0.15) is 28.2 Å². The second-order valence-electron chi connectivity index (χ2n) is 6.21. The Labute approximate surface area is 189 Å². The highest BCUT2D eigenvalue weighted by atomic mass is 79.9. The molecular weight excluding hydrogens is 521 g/mol. The minimum absolute atomic E-state index is 0.0979. The number of alkyl halides is 3. The normalized spacial score (nSPS) is 12.7. The van der Waals surface area contributed by atoms with Crippen LogP contribution in [-0.2, 0) is 6.18 Å². The van der Waals surface area contributed by atoms with Gasteiger partial charge < -0.3 is 5.32 Å². The number of nitrogens with zero attached hydrogens (tertiary/aromatic N) is 7. The summed E-state index contributed by atoms with van der Waals surface area (Å²) in [6, 6.07) is 3.33. The molecule has 1 N–H and O–H groups in total. The van der Waals surface area contributed by atoms with Crippen molar-refractivity contribution in [2.75, 3.05) is 5.32 Å². The molecule has 0 bridgehead atoms. The van der Waals surface area contributed by atoms with Crippen molar-refractivity contribution < 1.29 is 13.2 Å². The number of benzene rings is 1. The molecule has 4 aromatic rings. The van der Waals surface area contributed by atoms with Gasteiger partial charge in [0.05, 0.1) is 23.3 Å². The number of fused-ring (bicyclic) bond motifs is 1. The molecule has 8 nitrogen and oxygen atoms in total. The van der Waals surface area contributed by atoms with Gasteiger partial charge in [0.25, 0.3) is 0 Å². The highest BCUT2D eigenvalue weighted by molar-refractivity contribution is 9.10. The van der Waals surface area contributed by atoms with Gasteiger partial charge in [0.1, 0.15) is 23.1 Å². The summed E-state index contributed by atoms with van der Waals surface area (Å²) < 4.78 is 41.5. The van der Waals surface area contributed by atoms with E-state index in [-0.39, 0.29) is 26.5 Å². The van der Waals surface area contributed by atoms with Crippen molar-refractivity contribution >= 4 is 55.6 Å². The van der Waals surface area contributed by atoms with E-state index >= 15 is 0 Å². The monoisotopic (exact) mass is 528 g/mol. The van der Waals surface area contributed by atoms with Gasteiger partial charge in [-0.1, -0.05) is 11.3 Å². The van der Waals surface area contributed by atoms with Crippen molar-refractivity contribution in [3.05, 3.63) is 50.7 Å². The Morgan fingerprint density at radius 2 is 2.06 bits per heavy atom. The molecule has 0 saturated carbocycles. The largest absolute Gasteiger partial charge is 0.416 e. The maximum Gasteiger partial charge on any atom is 0.416 e. The van der Waals surface area contributed by atoms with Crippen LogP contribution in [0.5, 0.6) is 0 Å². The van der Waals surface area contributed by atoms with Gasteiger partial charge in [-0.05, 0) is 46.6 Å². The second kappa shape index (κ2) is 8.03. The third kappa shape index (κ3) is 4.18. The van der Waals surface area contributed by atoms with Crippen molar-refractivity contribution in [1.29, 1.82) is 5.26 Å². The molecule has 1 atom stereocenters. The smallest absolute Gasteiger partial charge is 0.360 e. The predicted octanol–water partition coefficient (Wildman–Crippen LogP) is 5.15. The van der Waals surface area contributed by atoms with Gasteiger partial charge in [0, 0.05) is 9.86 Å². The first-order valence-corrected chi connectivity index (χ1v) is 10.4. The molecule has 14 heteroatoms. The Kier molecular flexibility index (Phi) is 5.54. The molecule has 31 heavy (non-hydrogen) atoms. The van der Waals surface area contributed by atoms with Gasteiger partial charge >= 0.3 is 6.18 Å². The van der Waals surface area contributed by atoms with Crippen LogP contribution in [-0.4, -0.2) is 29.7 Å². The summed E-state index contributed by atoms with van der Waals surface area (Å²) in [7, 11) is 0. The lowest BCUT2D eigenvalue weighted by Crippen LogP contribution is -2.15. The minimum atomic E-state index is -4.55. The van der Waals surface area contributed by atoms with Crippen molar-refractivity contribution in [3.8, 4) is 11.2 Å². The minimum Gasteiger partial charge on any atom is -0.360 e. The zero-order valence-corrected chi connectivity index (χ0v) is 18.5. The van der Waals surface area contributed by atoms with Gasteiger partial charge in [-0.3, -0.25) is 0 Å². The van der Waals surface area contributed by atoms with E-state index in [0.29, 0.717) is 15.8 Å². The first kappa shape index (κ1) is 21.4. The van der Waals surface area contributed by atoms with Gasteiger partial charge in [-0.25, -0.2) is 19.9 Å². The molecule has 0 fully saturated rings. The van der Waals surface area contributed by atoms with Crippen LogP contribution in [0, 0.1) is 11.3 Å².